The summed E-state index contributed by atoms with van der Waals surface area (Å²) in [6.45, 7) is 6.79. The fourth-order valence-electron chi connectivity index (χ4n) is 2.49. The van der Waals surface area contributed by atoms with E-state index in [1.807, 2.05) is 19.1 Å². The van der Waals surface area contributed by atoms with E-state index in [2.05, 4.69) is 15.3 Å². The molecule has 3 heterocycles. The number of imide groups is 1. The van der Waals surface area contributed by atoms with Crippen LogP contribution in [0.1, 0.15) is 25.1 Å². The molecule has 2 aliphatic rings. The number of nitrogens with one attached hydrogen (secondary N) is 1. The van der Waals surface area contributed by atoms with Crippen LogP contribution in [0.5, 0.6) is 0 Å². The molecule has 7 nitrogen and oxygen atoms in total. The molecule has 0 spiro atoms. The highest BCUT2D eigenvalue weighted by Crippen LogP contribution is 2.26. The molecule has 124 valence electrons. The molecule has 0 radical (unpaired) electrons. The molecule has 2 saturated heterocycles. The van der Waals surface area contributed by atoms with Crippen molar-refractivity contribution in [1.29, 1.82) is 0 Å². The molecule has 2 fully saturated rings. The van der Waals surface area contributed by atoms with Gasteiger partial charge in [0.1, 0.15) is 5.54 Å². The quantitative estimate of drug-likeness (QED) is 0.670. The lowest BCUT2D eigenvalue weighted by atomic mass is 10.00. The minimum Gasteiger partial charge on any atom is -0.378 e. The van der Waals surface area contributed by atoms with E-state index in [9.17, 15) is 9.59 Å². The summed E-state index contributed by atoms with van der Waals surface area (Å²) >= 11 is 1.58. The summed E-state index contributed by atoms with van der Waals surface area (Å²) in [7, 11) is 0. The number of hydrogen-bond donors (Lipinski definition) is 1. The molecule has 1 N–H and O–H groups in total. The smallest absolute Gasteiger partial charge is 0.346 e. The van der Waals surface area contributed by atoms with Crippen molar-refractivity contribution >= 4 is 34.5 Å². The number of hydrazone groups is 1. The number of anilines is 1. The molecule has 2 aliphatic heterocycles. The Kier molecular flexibility index (Phi) is 4.36. The molecule has 0 aromatic carbocycles. The second-order valence-electron chi connectivity index (χ2n) is 5.75. The molecular weight excluding hydrogens is 316 g/mol. The summed E-state index contributed by atoms with van der Waals surface area (Å²) in [5.41, 5.74) is -0.858. The summed E-state index contributed by atoms with van der Waals surface area (Å²) in [5.74, 6) is -0.314. The van der Waals surface area contributed by atoms with E-state index in [-0.39, 0.29) is 5.91 Å². The van der Waals surface area contributed by atoms with Gasteiger partial charge in [0.2, 0.25) is 0 Å². The summed E-state index contributed by atoms with van der Waals surface area (Å²) < 4.78 is 5.34. The van der Waals surface area contributed by atoms with Crippen molar-refractivity contribution in [2.75, 3.05) is 31.2 Å². The number of thiophene rings is 1. The zero-order chi connectivity index (χ0) is 16.4. The number of ether oxygens (including phenoxy) is 1. The predicted octanol–water partition coefficient (Wildman–Crippen LogP) is 1.64. The molecule has 0 aliphatic carbocycles. The van der Waals surface area contributed by atoms with Gasteiger partial charge < -0.3 is 15.0 Å². The van der Waals surface area contributed by atoms with Crippen molar-refractivity contribution in [1.82, 2.24) is 10.3 Å². The van der Waals surface area contributed by atoms with Crippen LogP contribution in [0.25, 0.3) is 0 Å². The third kappa shape index (κ3) is 3.09. The molecule has 0 unspecified atom stereocenters. The minimum absolute atomic E-state index is 0.314. The first kappa shape index (κ1) is 15.9. The molecule has 0 bridgehead atoms. The SMILES string of the molecule is CC[C@]1(C)NC(=O)N(/N=C\c2ccc(N3CCOCC3)s2)C1=O. The van der Waals surface area contributed by atoms with Crippen LogP contribution in [0.15, 0.2) is 17.2 Å². The molecule has 0 saturated carbocycles. The monoisotopic (exact) mass is 336 g/mol. The average Bonchev–Trinajstić information content (AvgIpc) is 3.11. The molecule has 3 rings (SSSR count). The lowest BCUT2D eigenvalue weighted by Crippen LogP contribution is -2.42. The number of amides is 3. The van der Waals surface area contributed by atoms with E-state index in [1.165, 1.54) is 0 Å². The molecule has 8 heteroatoms. The molecular formula is C15H20N4O3S. The van der Waals surface area contributed by atoms with Crippen molar-refractivity contribution in [3.63, 3.8) is 0 Å². The Balaban J connectivity index is 1.70. The van der Waals surface area contributed by atoms with Crippen molar-refractivity contribution < 1.29 is 14.3 Å². The topological polar surface area (TPSA) is 74.2 Å². The van der Waals surface area contributed by atoms with Gasteiger partial charge in [0.25, 0.3) is 5.91 Å². The van der Waals surface area contributed by atoms with Gasteiger partial charge in [-0.05, 0) is 25.5 Å². The van der Waals surface area contributed by atoms with Gasteiger partial charge in [-0.3, -0.25) is 4.79 Å². The summed E-state index contributed by atoms with van der Waals surface area (Å²) in [5, 5.41) is 8.81. The van der Waals surface area contributed by atoms with Crippen LogP contribution < -0.4 is 10.2 Å². The number of carbonyl (C=O) groups excluding carboxylic acids is 2. The van der Waals surface area contributed by atoms with Gasteiger partial charge in [-0.2, -0.15) is 5.10 Å². The van der Waals surface area contributed by atoms with Crippen LogP contribution in [0.4, 0.5) is 9.80 Å². The molecule has 3 amide bonds. The largest absolute Gasteiger partial charge is 0.378 e. The maximum absolute atomic E-state index is 12.3. The first-order valence-electron chi connectivity index (χ1n) is 7.67. The maximum Gasteiger partial charge on any atom is 0.346 e. The Bertz CT molecular complexity index is 638. The van der Waals surface area contributed by atoms with Gasteiger partial charge in [0.05, 0.1) is 24.4 Å². The minimum atomic E-state index is -0.858. The maximum atomic E-state index is 12.3. The van der Waals surface area contributed by atoms with Gasteiger partial charge in [-0.25, -0.2) is 4.79 Å². The number of carbonyl (C=O) groups is 2. The Labute approximate surface area is 138 Å². The second kappa shape index (κ2) is 6.29. The van der Waals surface area contributed by atoms with Crippen LogP contribution in [0.2, 0.25) is 0 Å². The lowest BCUT2D eigenvalue weighted by molar-refractivity contribution is -0.130. The molecule has 1 aromatic rings. The Hall–Kier alpha value is -1.93. The predicted molar refractivity (Wildman–Crippen MR) is 89.0 cm³/mol. The van der Waals surface area contributed by atoms with E-state index < -0.39 is 11.6 Å². The van der Waals surface area contributed by atoms with Gasteiger partial charge in [0, 0.05) is 18.0 Å². The second-order valence-corrected chi connectivity index (χ2v) is 6.85. The summed E-state index contributed by atoms with van der Waals surface area (Å²) in [6.07, 6.45) is 2.09. The average molecular weight is 336 g/mol. The molecule has 23 heavy (non-hydrogen) atoms. The van der Waals surface area contributed by atoms with Crippen LogP contribution >= 0.6 is 11.3 Å². The van der Waals surface area contributed by atoms with Crippen molar-refractivity contribution in [3.8, 4) is 0 Å². The molecule has 1 aromatic heterocycles. The van der Waals surface area contributed by atoms with Crippen LogP contribution in [0.3, 0.4) is 0 Å². The normalized spacial score (nSPS) is 25.5. The zero-order valence-electron chi connectivity index (χ0n) is 13.2. The van der Waals surface area contributed by atoms with Crippen LogP contribution in [-0.2, 0) is 9.53 Å². The first-order valence-corrected chi connectivity index (χ1v) is 8.48. The van der Waals surface area contributed by atoms with Crippen LogP contribution in [-0.4, -0.2) is 55.0 Å². The summed E-state index contributed by atoms with van der Waals surface area (Å²) in [4.78, 5) is 27.3. The van der Waals surface area contributed by atoms with Gasteiger partial charge in [-0.15, -0.1) is 16.3 Å². The number of nitrogens with zero attached hydrogens (tertiary/aromatic N) is 3. The van der Waals surface area contributed by atoms with Gasteiger partial charge in [0.15, 0.2) is 0 Å². The fraction of sp³-hybridized carbons (Fsp3) is 0.533. The van der Waals surface area contributed by atoms with Crippen molar-refractivity contribution in [3.05, 3.63) is 17.0 Å². The third-order valence-corrected chi connectivity index (χ3v) is 5.26. The highest BCUT2D eigenvalue weighted by atomic mass is 32.1. The zero-order valence-corrected chi connectivity index (χ0v) is 14.1. The van der Waals surface area contributed by atoms with E-state index in [4.69, 9.17) is 4.74 Å². The molecule has 1 atom stereocenters. The Morgan fingerprint density at radius 2 is 2.13 bits per heavy atom. The Morgan fingerprint density at radius 3 is 2.78 bits per heavy atom. The lowest BCUT2D eigenvalue weighted by Gasteiger charge is -2.27. The van der Waals surface area contributed by atoms with Gasteiger partial charge in [-0.1, -0.05) is 6.92 Å². The van der Waals surface area contributed by atoms with Gasteiger partial charge >= 0.3 is 6.03 Å². The number of urea groups is 1. The summed E-state index contributed by atoms with van der Waals surface area (Å²) in [6, 6.07) is 3.50. The number of rotatable bonds is 4. The van der Waals surface area contributed by atoms with E-state index in [0.29, 0.717) is 6.42 Å². The fourth-order valence-corrected chi connectivity index (χ4v) is 3.42. The van der Waals surface area contributed by atoms with Crippen LogP contribution in [0, 0.1) is 0 Å². The van der Waals surface area contributed by atoms with Crippen molar-refractivity contribution in [2.45, 2.75) is 25.8 Å². The Morgan fingerprint density at radius 1 is 1.39 bits per heavy atom. The van der Waals surface area contributed by atoms with E-state index in [0.717, 1.165) is 41.2 Å². The van der Waals surface area contributed by atoms with Crippen molar-refractivity contribution in [2.24, 2.45) is 5.10 Å². The van der Waals surface area contributed by atoms with E-state index in [1.54, 1.807) is 24.5 Å². The number of morpholine rings is 1. The standard InChI is InChI=1S/C15H20N4O3S/c1-3-15(2)13(20)19(14(21)17-15)16-10-11-4-5-12(23-11)18-6-8-22-9-7-18/h4-5,10H,3,6-9H2,1-2H3,(H,17,21)/b16-10-/t15-/m0/s1. The number of hydrogen-bond acceptors (Lipinski definition) is 6. The third-order valence-electron chi connectivity index (χ3n) is 4.18. The highest BCUT2D eigenvalue weighted by molar-refractivity contribution is 7.17. The first-order chi connectivity index (χ1) is 11.0. The highest BCUT2D eigenvalue weighted by Gasteiger charge is 2.46. The van der Waals surface area contributed by atoms with E-state index >= 15 is 0 Å².